The lowest BCUT2D eigenvalue weighted by Crippen LogP contribution is -2.20. The van der Waals surface area contributed by atoms with Gasteiger partial charge in [-0.05, 0) is 36.8 Å². The Labute approximate surface area is 150 Å². The number of carbonyl (C=O) groups is 2. The van der Waals surface area contributed by atoms with Gasteiger partial charge in [0.15, 0.2) is 0 Å². The average molecular weight is 360 g/mol. The molecule has 2 rings (SSSR count). The highest BCUT2D eigenvalue weighted by atomic mass is 35.5. The molecule has 0 atom stereocenters. The van der Waals surface area contributed by atoms with Crippen molar-refractivity contribution in [3.8, 4) is 5.75 Å². The number of hydrogen-bond acceptors (Lipinski definition) is 4. The van der Waals surface area contributed by atoms with Crippen LogP contribution in [0.1, 0.15) is 24.0 Å². The van der Waals surface area contributed by atoms with Gasteiger partial charge < -0.3 is 10.4 Å². The zero-order valence-corrected chi connectivity index (χ0v) is 14.4. The predicted molar refractivity (Wildman–Crippen MR) is 97.9 cm³/mol. The van der Waals surface area contributed by atoms with Crippen LogP contribution in [0.2, 0.25) is 5.02 Å². The summed E-state index contributed by atoms with van der Waals surface area (Å²) >= 11 is 5.82. The third kappa shape index (κ3) is 5.93. The monoisotopic (exact) mass is 359 g/mol. The highest BCUT2D eigenvalue weighted by molar-refractivity contribution is 6.30. The molecule has 0 aliphatic rings. The second-order valence-corrected chi connectivity index (χ2v) is 5.80. The Morgan fingerprint density at radius 3 is 2.64 bits per heavy atom. The predicted octanol–water partition coefficient (Wildman–Crippen LogP) is 3.22. The number of hydrazone groups is 1. The SMILES string of the molecule is Cc1ccccc1NC(=O)CCC(=O)N/N=C/c1cc(Cl)ccc1O. The van der Waals surface area contributed by atoms with Crippen LogP contribution in [0.4, 0.5) is 5.69 Å². The van der Waals surface area contributed by atoms with Crippen LogP contribution in [-0.4, -0.2) is 23.1 Å². The molecule has 3 N–H and O–H groups in total. The van der Waals surface area contributed by atoms with E-state index in [-0.39, 0.29) is 24.5 Å². The second kappa shape index (κ2) is 8.84. The maximum Gasteiger partial charge on any atom is 0.240 e. The van der Waals surface area contributed by atoms with Crippen LogP contribution in [0.5, 0.6) is 5.75 Å². The van der Waals surface area contributed by atoms with Crippen LogP contribution in [0, 0.1) is 6.92 Å². The molecule has 25 heavy (non-hydrogen) atoms. The lowest BCUT2D eigenvalue weighted by atomic mass is 10.2. The van der Waals surface area contributed by atoms with Crippen molar-refractivity contribution in [2.24, 2.45) is 5.10 Å². The maximum absolute atomic E-state index is 11.9. The van der Waals surface area contributed by atoms with Crippen molar-refractivity contribution < 1.29 is 14.7 Å². The zero-order chi connectivity index (χ0) is 18.2. The standard InChI is InChI=1S/C18H18ClN3O3/c1-12-4-2-3-5-15(12)21-17(24)8-9-18(25)22-20-11-13-10-14(19)6-7-16(13)23/h2-7,10-11,23H,8-9H2,1H3,(H,21,24)(H,22,25)/b20-11+. The van der Waals surface area contributed by atoms with Gasteiger partial charge in [0.25, 0.3) is 0 Å². The number of hydrogen-bond donors (Lipinski definition) is 3. The van der Waals surface area contributed by atoms with Crippen molar-refractivity contribution in [2.45, 2.75) is 19.8 Å². The van der Waals surface area contributed by atoms with Crippen LogP contribution < -0.4 is 10.7 Å². The fourth-order valence-corrected chi connectivity index (χ4v) is 2.19. The summed E-state index contributed by atoms with van der Waals surface area (Å²) < 4.78 is 0. The van der Waals surface area contributed by atoms with Gasteiger partial charge in [0.2, 0.25) is 11.8 Å². The Hall–Kier alpha value is -2.86. The molecule has 0 aliphatic carbocycles. The van der Waals surface area contributed by atoms with Crippen molar-refractivity contribution >= 4 is 35.3 Å². The fraction of sp³-hybridized carbons (Fsp3) is 0.167. The molecule has 6 nitrogen and oxygen atoms in total. The van der Waals surface area contributed by atoms with Crippen molar-refractivity contribution in [1.29, 1.82) is 0 Å². The number of anilines is 1. The number of phenols is 1. The minimum absolute atomic E-state index is 0.00000711. The first kappa shape index (κ1) is 18.5. The minimum atomic E-state index is -0.405. The van der Waals surface area contributed by atoms with Crippen LogP contribution >= 0.6 is 11.6 Å². The molecular formula is C18H18ClN3O3. The van der Waals surface area contributed by atoms with Crippen LogP contribution in [0.3, 0.4) is 0 Å². The topological polar surface area (TPSA) is 90.8 Å². The van der Waals surface area contributed by atoms with E-state index in [1.165, 1.54) is 18.3 Å². The van der Waals surface area contributed by atoms with Gasteiger partial charge in [0.05, 0.1) is 6.21 Å². The zero-order valence-electron chi connectivity index (χ0n) is 13.6. The number of rotatable bonds is 6. The number of nitrogens with one attached hydrogen (secondary N) is 2. The van der Waals surface area contributed by atoms with E-state index in [0.29, 0.717) is 10.6 Å². The highest BCUT2D eigenvalue weighted by Crippen LogP contribution is 2.19. The van der Waals surface area contributed by atoms with E-state index in [4.69, 9.17) is 11.6 Å². The number of amides is 2. The van der Waals surface area contributed by atoms with E-state index in [9.17, 15) is 14.7 Å². The van der Waals surface area contributed by atoms with Gasteiger partial charge in [0, 0.05) is 29.1 Å². The Kier molecular flexibility index (Phi) is 6.54. The minimum Gasteiger partial charge on any atom is -0.507 e. The molecular weight excluding hydrogens is 342 g/mol. The molecule has 0 aliphatic heterocycles. The average Bonchev–Trinajstić information content (AvgIpc) is 2.58. The van der Waals surface area contributed by atoms with Gasteiger partial charge in [-0.1, -0.05) is 29.8 Å². The van der Waals surface area contributed by atoms with E-state index >= 15 is 0 Å². The molecule has 2 amide bonds. The largest absolute Gasteiger partial charge is 0.507 e. The molecule has 0 radical (unpaired) electrons. The Bertz CT molecular complexity index is 806. The molecule has 0 saturated heterocycles. The van der Waals surface area contributed by atoms with E-state index in [1.807, 2.05) is 25.1 Å². The van der Waals surface area contributed by atoms with E-state index in [1.54, 1.807) is 12.1 Å². The Morgan fingerprint density at radius 2 is 1.88 bits per heavy atom. The number of nitrogens with zero attached hydrogens (tertiary/aromatic N) is 1. The fourth-order valence-electron chi connectivity index (χ4n) is 2.01. The second-order valence-electron chi connectivity index (χ2n) is 5.36. The molecule has 0 spiro atoms. The first-order valence-corrected chi connectivity index (χ1v) is 7.99. The van der Waals surface area contributed by atoms with Crippen molar-refractivity contribution in [1.82, 2.24) is 5.43 Å². The molecule has 7 heteroatoms. The molecule has 0 aromatic heterocycles. The summed E-state index contributed by atoms with van der Waals surface area (Å²) in [5.41, 5.74) is 4.36. The molecule has 0 bridgehead atoms. The third-order valence-electron chi connectivity index (χ3n) is 3.38. The van der Waals surface area contributed by atoms with E-state index < -0.39 is 5.91 Å². The lowest BCUT2D eigenvalue weighted by molar-refractivity contribution is -0.124. The number of aromatic hydroxyl groups is 1. The molecule has 2 aromatic rings. The Morgan fingerprint density at radius 1 is 1.16 bits per heavy atom. The molecule has 0 saturated carbocycles. The number of halogens is 1. The van der Waals surface area contributed by atoms with Crippen LogP contribution in [0.15, 0.2) is 47.6 Å². The quantitative estimate of drug-likeness (QED) is 0.546. The normalized spacial score (nSPS) is 10.6. The summed E-state index contributed by atoms with van der Waals surface area (Å²) in [6, 6.07) is 11.9. The van der Waals surface area contributed by atoms with E-state index in [2.05, 4.69) is 15.8 Å². The third-order valence-corrected chi connectivity index (χ3v) is 3.62. The van der Waals surface area contributed by atoms with Gasteiger partial charge in [0.1, 0.15) is 5.75 Å². The van der Waals surface area contributed by atoms with Crippen LogP contribution in [0.25, 0.3) is 0 Å². The first-order valence-electron chi connectivity index (χ1n) is 7.61. The molecule has 0 fully saturated rings. The summed E-state index contributed by atoms with van der Waals surface area (Å²) in [5, 5.41) is 16.6. The van der Waals surface area contributed by atoms with Gasteiger partial charge in [-0.15, -0.1) is 0 Å². The summed E-state index contributed by atoms with van der Waals surface area (Å²) in [4.78, 5) is 23.6. The van der Waals surface area contributed by atoms with Crippen molar-refractivity contribution in [3.63, 3.8) is 0 Å². The van der Waals surface area contributed by atoms with Gasteiger partial charge in [-0.3, -0.25) is 9.59 Å². The first-order chi connectivity index (χ1) is 12.0. The molecule has 0 heterocycles. The molecule has 0 unspecified atom stereocenters. The summed E-state index contributed by atoms with van der Waals surface area (Å²) in [5.74, 6) is -0.654. The maximum atomic E-state index is 11.9. The Balaban J connectivity index is 1.78. The number of carbonyl (C=O) groups excluding carboxylic acids is 2. The lowest BCUT2D eigenvalue weighted by Gasteiger charge is -2.07. The number of benzene rings is 2. The summed E-state index contributed by atoms with van der Waals surface area (Å²) in [6.07, 6.45) is 1.32. The summed E-state index contributed by atoms with van der Waals surface area (Å²) in [6.45, 7) is 1.89. The highest BCUT2D eigenvalue weighted by Gasteiger charge is 2.08. The van der Waals surface area contributed by atoms with Gasteiger partial charge in [-0.25, -0.2) is 5.43 Å². The van der Waals surface area contributed by atoms with Gasteiger partial charge in [-0.2, -0.15) is 5.10 Å². The van der Waals surface area contributed by atoms with Gasteiger partial charge >= 0.3 is 0 Å². The molecule has 2 aromatic carbocycles. The van der Waals surface area contributed by atoms with E-state index in [0.717, 1.165) is 11.3 Å². The summed E-state index contributed by atoms with van der Waals surface area (Å²) in [7, 11) is 0. The molecule has 130 valence electrons. The van der Waals surface area contributed by atoms with Crippen molar-refractivity contribution in [3.05, 3.63) is 58.6 Å². The number of aryl methyl sites for hydroxylation is 1. The number of para-hydroxylation sites is 1. The van der Waals surface area contributed by atoms with Crippen molar-refractivity contribution in [2.75, 3.05) is 5.32 Å². The number of phenolic OH excluding ortho intramolecular Hbond substituents is 1. The smallest absolute Gasteiger partial charge is 0.240 e. The van der Waals surface area contributed by atoms with Crippen LogP contribution in [-0.2, 0) is 9.59 Å².